The van der Waals surface area contributed by atoms with Crippen molar-refractivity contribution in [1.82, 2.24) is 0 Å². The van der Waals surface area contributed by atoms with E-state index in [2.05, 4.69) is 13.8 Å². The summed E-state index contributed by atoms with van der Waals surface area (Å²) in [7, 11) is 0. The number of ether oxygens (including phenoxy) is 2. The van der Waals surface area contributed by atoms with Crippen molar-refractivity contribution < 1.29 is 9.47 Å². The fraction of sp³-hybridized carbons (Fsp3) is 1.00. The van der Waals surface area contributed by atoms with Gasteiger partial charge in [0.2, 0.25) is 0 Å². The number of hydrogen-bond acceptors (Lipinski definition) is 3. The molecule has 2 N–H and O–H groups in total. The second kappa shape index (κ2) is 7.20. The van der Waals surface area contributed by atoms with E-state index in [0.717, 1.165) is 51.5 Å². The molecule has 0 spiro atoms. The van der Waals surface area contributed by atoms with Crippen LogP contribution in [0.3, 0.4) is 0 Å². The minimum absolute atomic E-state index is 0.451. The third kappa shape index (κ3) is 5.50. The van der Waals surface area contributed by atoms with E-state index in [4.69, 9.17) is 15.2 Å². The first-order chi connectivity index (χ1) is 7.22. The molecular formula is C12H25NO2. The quantitative estimate of drug-likeness (QED) is 0.628. The van der Waals surface area contributed by atoms with Crippen LogP contribution in [-0.4, -0.2) is 32.5 Å². The summed E-state index contributed by atoms with van der Waals surface area (Å²) < 4.78 is 11.1. The van der Waals surface area contributed by atoms with Crippen LogP contribution in [0.4, 0.5) is 0 Å². The summed E-state index contributed by atoms with van der Waals surface area (Å²) in [5.74, 6) is 1.43. The Hall–Kier alpha value is -0.120. The highest BCUT2D eigenvalue weighted by atomic mass is 16.5. The maximum Gasteiger partial charge on any atom is 0.0704 e. The van der Waals surface area contributed by atoms with Crippen LogP contribution in [-0.2, 0) is 9.47 Å². The van der Waals surface area contributed by atoms with Gasteiger partial charge in [0.15, 0.2) is 0 Å². The lowest BCUT2D eigenvalue weighted by atomic mass is 9.82. The van der Waals surface area contributed by atoms with Crippen LogP contribution in [0.1, 0.15) is 33.1 Å². The molecule has 15 heavy (non-hydrogen) atoms. The van der Waals surface area contributed by atoms with Gasteiger partial charge in [-0.05, 0) is 37.6 Å². The van der Waals surface area contributed by atoms with E-state index in [1.807, 2.05) is 0 Å². The fourth-order valence-corrected chi connectivity index (χ4v) is 1.70. The molecule has 0 atom stereocenters. The van der Waals surface area contributed by atoms with E-state index >= 15 is 0 Å². The molecular weight excluding hydrogens is 190 g/mol. The molecule has 1 aliphatic carbocycles. The molecule has 0 aromatic heterocycles. The summed E-state index contributed by atoms with van der Waals surface area (Å²) in [4.78, 5) is 0. The maximum atomic E-state index is 5.64. The van der Waals surface area contributed by atoms with Crippen molar-refractivity contribution in [2.75, 3.05) is 26.4 Å². The Morgan fingerprint density at radius 3 is 2.53 bits per heavy atom. The molecule has 0 aliphatic heterocycles. The smallest absolute Gasteiger partial charge is 0.0704 e. The Morgan fingerprint density at radius 2 is 1.93 bits per heavy atom. The fourth-order valence-electron chi connectivity index (χ4n) is 1.70. The molecule has 1 fully saturated rings. The molecule has 0 aromatic rings. The largest absolute Gasteiger partial charge is 0.379 e. The highest BCUT2D eigenvalue weighted by Gasteiger charge is 2.28. The van der Waals surface area contributed by atoms with E-state index in [1.54, 1.807) is 0 Å². The molecule has 1 rings (SSSR count). The van der Waals surface area contributed by atoms with Gasteiger partial charge in [0, 0.05) is 6.61 Å². The molecule has 3 nitrogen and oxygen atoms in total. The van der Waals surface area contributed by atoms with Gasteiger partial charge in [0.25, 0.3) is 0 Å². The van der Waals surface area contributed by atoms with Crippen molar-refractivity contribution in [3.63, 3.8) is 0 Å². The zero-order chi connectivity index (χ0) is 11.1. The minimum Gasteiger partial charge on any atom is -0.379 e. The first-order valence-corrected chi connectivity index (χ1v) is 6.11. The van der Waals surface area contributed by atoms with Gasteiger partial charge in [-0.25, -0.2) is 0 Å². The SMILES string of the molecule is CC(C)CCOCCOC1CC(CN)C1. The summed E-state index contributed by atoms with van der Waals surface area (Å²) in [6, 6.07) is 0. The Morgan fingerprint density at radius 1 is 1.20 bits per heavy atom. The van der Waals surface area contributed by atoms with Crippen LogP contribution in [0, 0.1) is 11.8 Å². The molecule has 0 heterocycles. The lowest BCUT2D eigenvalue weighted by Crippen LogP contribution is -2.36. The average molecular weight is 215 g/mol. The number of nitrogens with two attached hydrogens (primary N) is 1. The van der Waals surface area contributed by atoms with Crippen LogP contribution in [0.25, 0.3) is 0 Å². The molecule has 1 aliphatic rings. The highest BCUT2D eigenvalue weighted by Crippen LogP contribution is 2.28. The van der Waals surface area contributed by atoms with Gasteiger partial charge in [0.1, 0.15) is 0 Å². The van der Waals surface area contributed by atoms with Gasteiger partial charge >= 0.3 is 0 Å². The molecule has 0 amide bonds. The molecule has 3 heteroatoms. The third-order valence-electron chi connectivity index (χ3n) is 2.95. The zero-order valence-electron chi connectivity index (χ0n) is 10.1. The maximum absolute atomic E-state index is 5.64. The van der Waals surface area contributed by atoms with Crippen LogP contribution >= 0.6 is 0 Å². The Balaban J connectivity index is 1.78. The van der Waals surface area contributed by atoms with Crippen molar-refractivity contribution in [3.05, 3.63) is 0 Å². The second-order valence-corrected chi connectivity index (χ2v) is 4.86. The second-order valence-electron chi connectivity index (χ2n) is 4.86. The third-order valence-corrected chi connectivity index (χ3v) is 2.95. The molecule has 0 aromatic carbocycles. The Bertz CT molecular complexity index is 156. The monoisotopic (exact) mass is 215 g/mol. The minimum atomic E-state index is 0.451. The summed E-state index contributed by atoms with van der Waals surface area (Å²) in [5, 5.41) is 0. The number of rotatable bonds is 8. The van der Waals surface area contributed by atoms with Crippen LogP contribution in [0.5, 0.6) is 0 Å². The first kappa shape index (κ1) is 12.9. The standard InChI is InChI=1S/C12H25NO2/c1-10(2)3-4-14-5-6-15-12-7-11(8-12)9-13/h10-12H,3-9,13H2,1-2H3. The van der Waals surface area contributed by atoms with Gasteiger partial charge < -0.3 is 15.2 Å². The van der Waals surface area contributed by atoms with Gasteiger partial charge in [-0.1, -0.05) is 13.8 Å². The Labute approximate surface area is 93.3 Å². The van der Waals surface area contributed by atoms with E-state index < -0.39 is 0 Å². The molecule has 1 saturated carbocycles. The van der Waals surface area contributed by atoms with Crippen molar-refractivity contribution in [2.45, 2.75) is 39.2 Å². The average Bonchev–Trinajstić information content (AvgIpc) is 2.13. The zero-order valence-corrected chi connectivity index (χ0v) is 10.1. The van der Waals surface area contributed by atoms with E-state index in [0.29, 0.717) is 12.0 Å². The predicted octanol–water partition coefficient (Wildman–Crippen LogP) is 1.80. The van der Waals surface area contributed by atoms with Crippen LogP contribution in [0.2, 0.25) is 0 Å². The summed E-state index contributed by atoms with van der Waals surface area (Å²) in [6.45, 7) is 7.56. The lowest BCUT2D eigenvalue weighted by Gasteiger charge is -2.34. The summed E-state index contributed by atoms with van der Waals surface area (Å²) >= 11 is 0. The molecule has 90 valence electrons. The first-order valence-electron chi connectivity index (χ1n) is 6.11. The Kier molecular flexibility index (Phi) is 6.22. The van der Waals surface area contributed by atoms with Gasteiger partial charge in [-0.3, -0.25) is 0 Å². The van der Waals surface area contributed by atoms with Crippen molar-refractivity contribution in [1.29, 1.82) is 0 Å². The highest BCUT2D eigenvalue weighted by molar-refractivity contribution is 4.80. The molecule has 0 saturated heterocycles. The lowest BCUT2D eigenvalue weighted by molar-refractivity contribution is -0.0513. The van der Waals surface area contributed by atoms with E-state index in [9.17, 15) is 0 Å². The molecule has 0 bridgehead atoms. The van der Waals surface area contributed by atoms with Crippen LogP contribution < -0.4 is 5.73 Å². The van der Waals surface area contributed by atoms with E-state index in [1.165, 1.54) is 0 Å². The molecule has 0 unspecified atom stereocenters. The van der Waals surface area contributed by atoms with E-state index in [-0.39, 0.29) is 0 Å². The summed E-state index contributed by atoms with van der Waals surface area (Å²) in [5.41, 5.74) is 5.54. The van der Waals surface area contributed by atoms with Gasteiger partial charge in [-0.2, -0.15) is 0 Å². The normalized spacial score (nSPS) is 25.6. The van der Waals surface area contributed by atoms with Crippen LogP contribution in [0.15, 0.2) is 0 Å². The van der Waals surface area contributed by atoms with Gasteiger partial charge in [0.05, 0.1) is 19.3 Å². The van der Waals surface area contributed by atoms with Crippen molar-refractivity contribution >= 4 is 0 Å². The van der Waals surface area contributed by atoms with Crippen molar-refractivity contribution in [2.24, 2.45) is 17.6 Å². The van der Waals surface area contributed by atoms with Crippen molar-refractivity contribution in [3.8, 4) is 0 Å². The topological polar surface area (TPSA) is 44.5 Å². The predicted molar refractivity (Wildman–Crippen MR) is 61.8 cm³/mol. The van der Waals surface area contributed by atoms with Gasteiger partial charge in [-0.15, -0.1) is 0 Å². The number of hydrogen-bond donors (Lipinski definition) is 1. The molecule has 0 radical (unpaired) electrons. The summed E-state index contributed by atoms with van der Waals surface area (Å²) in [6.07, 6.45) is 3.87.